The van der Waals surface area contributed by atoms with Crippen LogP contribution in [0.3, 0.4) is 0 Å². The summed E-state index contributed by atoms with van der Waals surface area (Å²) in [6.07, 6.45) is -1.48. The highest BCUT2D eigenvalue weighted by Gasteiger charge is 2.13. The molecule has 2 aromatic carbocycles. The van der Waals surface area contributed by atoms with E-state index in [1.54, 1.807) is 37.3 Å². The summed E-state index contributed by atoms with van der Waals surface area (Å²) >= 11 is 1.43. The molecule has 0 fully saturated rings. The number of hydrogen-bond acceptors (Lipinski definition) is 8. The number of carbonyl (C=O) groups is 4. The Bertz CT molecular complexity index is 1070. The van der Waals surface area contributed by atoms with Gasteiger partial charge in [-0.25, -0.2) is 14.6 Å². The number of nitrogens with zero attached hydrogens (tertiary/aromatic N) is 1. The SMILES string of the molecule is CCC(=O)Nc1cc(Sc2ccc(NC(C)=O)cc2)ccc1N=C(NC(=O)OC)NC(=O)OC. The van der Waals surface area contributed by atoms with Crippen molar-refractivity contribution >= 4 is 58.8 Å². The van der Waals surface area contributed by atoms with E-state index in [9.17, 15) is 19.2 Å². The first-order chi connectivity index (χ1) is 16.2. The van der Waals surface area contributed by atoms with Gasteiger partial charge in [0, 0.05) is 28.8 Å². The third-order valence-electron chi connectivity index (χ3n) is 4.02. The van der Waals surface area contributed by atoms with Crippen molar-refractivity contribution in [2.45, 2.75) is 30.1 Å². The number of guanidine groups is 1. The molecule has 2 aromatic rings. The largest absolute Gasteiger partial charge is 0.453 e. The molecule has 0 aliphatic rings. The highest BCUT2D eigenvalue weighted by Crippen LogP contribution is 2.35. The van der Waals surface area contributed by atoms with Crippen molar-refractivity contribution in [2.75, 3.05) is 24.9 Å². The molecule has 12 heteroatoms. The molecule has 0 saturated heterocycles. The van der Waals surface area contributed by atoms with Gasteiger partial charge in [0.2, 0.25) is 17.8 Å². The molecule has 0 radical (unpaired) electrons. The van der Waals surface area contributed by atoms with Gasteiger partial charge in [0.05, 0.1) is 25.6 Å². The van der Waals surface area contributed by atoms with Crippen LogP contribution in [-0.4, -0.2) is 44.2 Å². The van der Waals surface area contributed by atoms with Gasteiger partial charge in [0.1, 0.15) is 0 Å². The van der Waals surface area contributed by atoms with Crippen LogP contribution in [0.15, 0.2) is 57.2 Å². The van der Waals surface area contributed by atoms with Crippen LogP contribution in [0.2, 0.25) is 0 Å². The summed E-state index contributed by atoms with van der Waals surface area (Å²) in [7, 11) is 2.32. The molecule has 0 bridgehead atoms. The number of ether oxygens (including phenoxy) is 2. The molecule has 0 aliphatic heterocycles. The number of amides is 4. The van der Waals surface area contributed by atoms with Gasteiger partial charge in [0.25, 0.3) is 0 Å². The van der Waals surface area contributed by atoms with E-state index in [1.807, 2.05) is 12.1 Å². The number of benzene rings is 2. The molecular formula is C22H25N5O6S. The number of methoxy groups -OCH3 is 2. The third-order valence-corrected chi connectivity index (χ3v) is 5.02. The van der Waals surface area contributed by atoms with Crippen molar-refractivity contribution in [3.63, 3.8) is 0 Å². The summed E-state index contributed by atoms with van der Waals surface area (Å²) in [6.45, 7) is 3.14. The summed E-state index contributed by atoms with van der Waals surface area (Å²) < 4.78 is 9.08. The fourth-order valence-electron chi connectivity index (χ4n) is 2.46. The van der Waals surface area contributed by atoms with E-state index in [2.05, 4.69) is 35.7 Å². The van der Waals surface area contributed by atoms with Crippen molar-refractivity contribution in [1.29, 1.82) is 0 Å². The second-order valence-electron chi connectivity index (χ2n) is 6.58. The van der Waals surface area contributed by atoms with E-state index in [4.69, 9.17) is 0 Å². The summed E-state index contributed by atoms with van der Waals surface area (Å²) in [4.78, 5) is 52.5. The van der Waals surface area contributed by atoms with Crippen LogP contribution >= 0.6 is 11.8 Å². The Morgan fingerprint density at radius 3 is 2.00 bits per heavy atom. The van der Waals surface area contributed by atoms with E-state index in [-0.39, 0.29) is 29.9 Å². The van der Waals surface area contributed by atoms with Gasteiger partial charge >= 0.3 is 12.2 Å². The fraction of sp³-hybridized carbons (Fsp3) is 0.227. The maximum Gasteiger partial charge on any atom is 0.413 e. The first-order valence-corrected chi connectivity index (χ1v) is 10.8. The number of rotatable bonds is 6. The molecule has 4 amide bonds. The molecule has 180 valence electrons. The first kappa shape index (κ1) is 26.2. The monoisotopic (exact) mass is 487 g/mol. The van der Waals surface area contributed by atoms with Crippen LogP contribution in [0, 0.1) is 0 Å². The Kier molecular flexibility index (Phi) is 9.90. The van der Waals surface area contributed by atoms with E-state index in [0.29, 0.717) is 11.4 Å². The van der Waals surface area contributed by atoms with Crippen molar-refractivity contribution in [3.8, 4) is 0 Å². The van der Waals surface area contributed by atoms with Crippen LogP contribution in [0.5, 0.6) is 0 Å². The maximum absolute atomic E-state index is 12.1. The Balaban J connectivity index is 2.36. The van der Waals surface area contributed by atoms with Crippen molar-refractivity contribution in [1.82, 2.24) is 10.6 Å². The maximum atomic E-state index is 12.1. The normalized spacial score (nSPS) is 9.88. The Labute approximate surface area is 200 Å². The molecule has 0 unspecified atom stereocenters. The lowest BCUT2D eigenvalue weighted by atomic mass is 10.2. The molecule has 0 heterocycles. The zero-order valence-electron chi connectivity index (χ0n) is 19.1. The highest BCUT2D eigenvalue weighted by atomic mass is 32.2. The summed E-state index contributed by atoms with van der Waals surface area (Å²) in [6, 6.07) is 12.4. The van der Waals surface area contributed by atoms with E-state index >= 15 is 0 Å². The number of carbonyl (C=O) groups excluding carboxylic acids is 4. The average Bonchev–Trinajstić information content (AvgIpc) is 2.81. The minimum atomic E-state index is -0.857. The van der Waals surface area contributed by atoms with Crippen LogP contribution in [0.4, 0.5) is 26.7 Å². The van der Waals surface area contributed by atoms with Gasteiger partial charge in [-0.3, -0.25) is 20.2 Å². The molecule has 0 aliphatic carbocycles. The zero-order valence-corrected chi connectivity index (χ0v) is 19.9. The van der Waals surface area contributed by atoms with E-state index in [1.165, 1.54) is 18.7 Å². The molecule has 0 aromatic heterocycles. The van der Waals surface area contributed by atoms with Gasteiger partial charge in [-0.15, -0.1) is 0 Å². The Morgan fingerprint density at radius 1 is 0.882 bits per heavy atom. The van der Waals surface area contributed by atoms with Crippen molar-refractivity contribution in [2.24, 2.45) is 4.99 Å². The summed E-state index contributed by atoms with van der Waals surface area (Å²) in [5, 5.41) is 10.0. The predicted molar refractivity (Wildman–Crippen MR) is 128 cm³/mol. The van der Waals surface area contributed by atoms with Gasteiger partial charge in [-0.2, -0.15) is 0 Å². The third kappa shape index (κ3) is 8.47. The molecule has 0 atom stereocenters. The van der Waals surface area contributed by atoms with Crippen LogP contribution in [0.25, 0.3) is 0 Å². The minimum absolute atomic E-state index is 0.157. The number of aliphatic imine (C=N–C) groups is 1. The van der Waals surface area contributed by atoms with Crippen LogP contribution < -0.4 is 21.3 Å². The summed E-state index contributed by atoms with van der Waals surface area (Å²) in [5.74, 6) is -0.656. The quantitative estimate of drug-likeness (QED) is 0.357. The minimum Gasteiger partial charge on any atom is -0.453 e. The molecular weight excluding hydrogens is 462 g/mol. The molecule has 0 spiro atoms. The van der Waals surface area contributed by atoms with Crippen molar-refractivity contribution < 1.29 is 28.7 Å². The molecule has 0 saturated carbocycles. The van der Waals surface area contributed by atoms with Gasteiger partial charge < -0.3 is 20.1 Å². The van der Waals surface area contributed by atoms with Crippen LogP contribution in [0.1, 0.15) is 20.3 Å². The molecule has 4 N–H and O–H groups in total. The highest BCUT2D eigenvalue weighted by molar-refractivity contribution is 7.99. The molecule has 2 rings (SSSR count). The van der Waals surface area contributed by atoms with E-state index < -0.39 is 12.2 Å². The number of hydrogen-bond donors (Lipinski definition) is 4. The standard InChI is InChI=1S/C22H25N5O6S/c1-5-19(29)24-18-12-16(34-15-8-6-14(7-9-15)23-13(2)28)10-11-17(18)25-20(26-21(30)32-3)27-22(31)33-4/h6-12H,5H2,1-4H3,(H,23,28)(H,24,29)(H2,25,26,27,30,31). The fourth-order valence-corrected chi connectivity index (χ4v) is 3.32. The van der Waals surface area contributed by atoms with Crippen LogP contribution in [-0.2, 0) is 19.1 Å². The van der Waals surface area contributed by atoms with Gasteiger partial charge in [-0.05, 0) is 42.5 Å². The van der Waals surface area contributed by atoms with Gasteiger partial charge in [0.15, 0.2) is 0 Å². The second-order valence-corrected chi connectivity index (χ2v) is 7.73. The molecule has 11 nitrogen and oxygen atoms in total. The number of alkyl carbamates (subject to hydrolysis) is 2. The zero-order chi connectivity index (χ0) is 25.1. The van der Waals surface area contributed by atoms with Gasteiger partial charge in [-0.1, -0.05) is 18.7 Å². The Morgan fingerprint density at radius 2 is 1.47 bits per heavy atom. The Hall–Kier alpha value is -4.06. The predicted octanol–water partition coefficient (Wildman–Crippen LogP) is 3.84. The summed E-state index contributed by atoms with van der Waals surface area (Å²) in [5.41, 5.74) is 1.32. The van der Waals surface area contributed by atoms with Crippen molar-refractivity contribution in [3.05, 3.63) is 42.5 Å². The number of nitrogens with one attached hydrogen (secondary N) is 4. The van der Waals surface area contributed by atoms with E-state index in [0.717, 1.165) is 24.0 Å². The topological polar surface area (TPSA) is 147 Å². The lowest BCUT2D eigenvalue weighted by molar-refractivity contribution is -0.116. The number of anilines is 2. The lowest BCUT2D eigenvalue weighted by Crippen LogP contribution is -2.43. The average molecular weight is 488 g/mol. The molecule has 34 heavy (non-hydrogen) atoms. The smallest absolute Gasteiger partial charge is 0.413 e. The first-order valence-electron chi connectivity index (χ1n) is 10.0. The lowest BCUT2D eigenvalue weighted by Gasteiger charge is -2.13. The second kappa shape index (κ2) is 12.8.